The van der Waals surface area contributed by atoms with Gasteiger partial charge in [0.1, 0.15) is 6.04 Å². The number of hydrogen-bond donors (Lipinski definition) is 1. The summed E-state index contributed by atoms with van der Waals surface area (Å²) in [6, 6.07) is -0.542. The third-order valence-corrected chi connectivity index (χ3v) is 16.2. The van der Waals surface area contributed by atoms with Gasteiger partial charge in [0.25, 0.3) is 0 Å². The van der Waals surface area contributed by atoms with Gasteiger partial charge in [-0.3, -0.25) is 9.69 Å². The molecule has 0 radical (unpaired) electrons. The van der Waals surface area contributed by atoms with Gasteiger partial charge in [-0.15, -0.1) is 0 Å². The Hall–Kier alpha value is -0.826. The van der Waals surface area contributed by atoms with Gasteiger partial charge in [-0.2, -0.15) is 0 Å². The van der Waals surface area contributed by atoms with Gasteiger partial charge < -0.3 is 10.0 Å². The highest BCUT2D eigenvalue weighted by Crippen LogP contribution is 2.42. The fourth-order valence-corrected chi connectivity index (χ4v) is 19.2. The maximum absolute atomic E-state index is 13.4. The number of carbonyl (C=O) groups is 2. The molecule has 0 aromatic carbocycles. The molecule has 1 atom stereocenters. The Morgan fingerprint density at radius 2 is 1.60 bits per heavy atom. The van der Waals surface area contributed by atoms with Gasteiger partial charge in [0.15, 0.2) is 0 Å². The fraction of sp³-hybridized carbons (Fsp3) is 0.913. The first-order valence-electron chi connectivity index (χ1n) is 12.0. The Labute approximate surface area is 186 Å². The Morgan fingerprint density at radius 3 is 2.03 bits per heavy atom. The second-order valence-corrected chi connectivity index (χ2v) is 23.5. The van der Waals surface area contributed by atoms with Crippen molar-refractivity contribution >= 4 is 28.1 Å². The lowest BCUT2D eigenvalue weighted by atomic mass is 9.81. The number of nitrogens with zero attached hydrogens (tertiary/aromatic N) is 2. The van der Waals surface area contributed by atoms with E-state index in [2.05, 4.69) is 58.0 Å². The van der Waals surface area contributed by atoms with E-state index in [1.165, 1.54) is 43.4 Å². The zero-order chi connectivity index (χ0) is 22.9. The quantitative estimate of drug-likeness (QED) is 0.271. The topological polar surface area (TPSA) is 60.9 Å². The van der Waals surface area contributed by atoms with E-state index in [9.17, 15) is 14.7 Å². The molecule has 7 heteroatoms. The monoisotopic (exact) mass is 454 g/mol. The zero-order valence-electron chi connectivity index (χ0n) is 20.8. The van der Waals surface area contributed by atoms with Crippen LogP contribution in [0.15, 0.2) is 0 Å². The molecule has 0 unspecified atom stereocenters. The number of carbonyl (C=O) groups excluding carboxylic acids is 1. The van der Waals surface area contributed by atoms with E-state index in [0.29, 0.717) is 11.8 Å². The maximum Gasteiger partial charge on any atom is 0.408 e. The molecule has 0 aromatic rings. The average Bonchev–Trinajstić information content (AvgIpc) is 2.60. The van der Waals surface area contributed by atoms with Gasteiger partial charge in [0.2, 0.25) is 5.91 Å². The van der Waals surface area contributed by atoms with E-state index >= 15 is 0 Å². The van der Waals surface area contributed by atoms with Crippen molar-refractivity contribution in [3.63, 3.8) is 0 Å². The molecule has 1 saturated carbocycles. The number of rotatable bonds is 9. The van der Waals surface area contributed by atoms with Crippen LogP contribution in [0.1, 0.15) is 65.2 Å². The lowest BCUT2D eigenvalue weighted by Crippen LogP contribution is -2.84. The van der Waals surface area contributed by atoms with Gasteiger partial charge in [-0.25, -0.2) is 4.79 Å². The summed E-state index contributed by atoms with van der Waals surface area (Å²) in [5.74, 6) is 0.855. The van der Waals surface area contributed by atoms with Crippen molar-refractivity contribution in [2.45, 2.75) is 121 Å². The smallest absolute Gasteiger partial charge is 0.408 e. The lowest BCUT2D eigenvalue weighted by molar-refractivity contribution is -0.168. The van der Waals surface area contributed by atoms with Crippen LogP contribution in [0.5, 0.6) is 0 Å². The van der Waals surface area contributed by atoms with Crippen LogP contribution in [0, 0.1) is 5.92 Å². The minimum absolute atomic E-state index is 0.0320. The predicted octanol–water partition coefficient (Wildman–Crippen LogP) is 5.83. The van der Waals surface area contributed by atoms with Crippen LogP contribution in [0.25, 0.3) is 0 Å². The van der Waals surface area contributed by atoms with Crippen molar-refractivity contribution in [1.29, 1.82) is 0 Å². The van der Waals surface area contributed by atoms with E-state index in [1.54, 1.807) is 0 Å². The molecule has 1 aliphatic heterocycles. The highest BCUT2D eigenvalue weighted by Gasteiger charge is 2.63. The summed E-state index contributed by atoms with van der Waals surface area (Å²) in [7, 11) is -3.25. The highest BCUT2D eigenvalue weighted by atomic mass is 28.4. The Balaban J connectivity index is 2.06. The van der Waals surface area contributed by atoms with Crippen LogP contribution in [0.2, 0.25) is 39.3 Å². The molecule has 2 aliphatic rings. The molecule has 30 heavy (non-hydrogen) atoms. The molecule has 2 amide bonds. The summed E-state index contributed by atoms with van der Waals surface area (Å²) < 4.78 is 0. The predicted molar refractivity (Wildman–Crippen MR) is 130 cm³/mol. The summed E-state index contributed by atoms with van der Waals surface area (Å²) >= 11 is 0. The normalized spacial score (nSPS) is 22.9. The molecule has 1 heterocycles. The Morgan fingerprint density at radius 1 is 1.07 bits per heavy atom. The highest BCUT2D eigenvalue weighted by molar-refractivity contribution is 6.96. The molecule has 1 N–H and O–H groups in total. The molecule has 2 rings (SSSR count). The van der Waals surface area contributed by atoms with Crippen LogP contribution in [-0.4, -0.2) is 66.5 Å². The van der Waals surface area contributed by atoms with Crippen LogP contribution < -0.4 is 0 Å². The number of unbranched alkanes of at least 4 members (excludes halogenated alkanes) is 1. The summed E-state index contributed by atoms with van der Waals surface area (Å²) in [5, 5.41) is 10.2. The van der Waals surface area contributed by atoms with E-state index in [0.717, 1.165) is 18.8 Å². The Kier molecular flexibility index (Phi) is 7.93. The molecule has 1 aliphatic carbocycles. The van der Waals surface area contributed by atoms with E-state index in [4.69, 9.17) is 0 Å². The number of hydrogen-bond acceptors (Lipinski definition) is 2. The van der Waals surface area contributed by atoms with Gasteiger partial charge in [0.05, 0.1) is 21.7 Å². The van der Waals surface area contributed by atoms with E-state index in [1.807, 2.05) is 0 Å². The molecular weight excluding hydrogens is 408 g/mol. The molecule has 0 spiro atoms. The fourth-order valence-electron chi connectivity index (χ4n) is 6.36. The second kappa shape index (κ2) is 9.35. The SMILES string of the molecule is CC1(C)[C@H](N(CCCCC2CCCCC2)C(=O)O)C(=O)N1C([Si](C)(C)C)[Si](C)(C)C. The first-order chi connectivity index (χ1) is 13.7. The minimum Gasteiger partial charge on any atom is -0.465 e. The number of amides is 2. The minimum atomic E-state index is -1.63. The van der Waals surface area contributed by atoms with Crippen LogP contribution in [0.4, 0.5) is 4.79 Å². The molecule has 1 saturated heterocycles. The third-order valence-electron chi connectivity index (χ3n) is 7.20. The largest absolute Gasteiger partial charge is 0.465 e. The second-order valence-electron chi connectivity index (χ2n) is 12.4. The van der Waals surface area contributed by atoms with Gasteiger partial charge in [-0.05, 0) is 26.2 Å². The Bertz CT molecular complexity index is 605. The van der Waals surface area contributed by atoms with Crippen molar-refractivity contribution in [2.75, 3.05) is 6.54 Å². The van der Waals surface area contributed by atoms with E-state index < -0.39 is 33.8 Å². The molecule has 0 aromatic heterocycles. The van der Waals surface area contributed by atoms with Crippen molar-refractivity contribution in [3.05, 3.63) is 0 Å². The average molecular weight is 455 g/mol. The van der Waals surface area contributed by atoms with Gasteiger partial charge >= 0.3 is 6.09 Å². The first-order valence-corrected chi connectivity index (χ1v) is 19.2. The zero-order valence-corrected chi connectivity index (χ0v) is 22.8. The van der Waals surface area contributed by atoms with Crippen molar-refractivity contribution in [2.24, 2.45) is 5.92 Å². The van der Waals surface area contributed by atoms with Gasteiger partial charge in [0, 0.05) is 11.8 Å². The van der Waals surface area contributed by atoms with Crippen molar-refractivity contribution in [1.82, 2.24) is 9.80 Å². The molecular formula is C23H46N2O3Si2. The molecule has 2 fully saturated rings. The molecule has 0 bridgehead atoms. The van der Waals surface area contributed by atoms with Crippen LogP contribution >= 0.6 is 0 Å². The maximum atomic E-state index is 13.4. The third kappa shape index (κ3) is 5.50. The summed E-state index contributed by atoms with van der Waals surface area (Å²) in [4.78, 5) is 29.1. The van der Waals surface area contributed by atoms with Gasteiger partial charge in [-0.1, -0.05) is 84.2 Å². The van der Waals surface area contributed by atoms with Crippen molar-refractivity contribution in [3.8, 4) is 0 Å². The summed E-state index contributed by atoms with van der Waals surface area (Å²) in [5.41, 5.74) is -0.440. The summed E-state index contributed by atoms with van der Waals surface area (Å²) in [6.45, 7) is 18.7. The number of likely N-dealkylation sites (tertiary alicyclic amines) is 1. The van der Waals surface area contributed by atoms with Crippen LogP contribution in [0.3, 0.4) is 0 Å². The number of β-lactam (4-membered cyclic amide) rings is 1. The van der Waals surface area contributed by atoms with E-state index in [-0.39, 0.29) is 5.91 Å². The van der Waals surface area contributed by atoms with Crippen molar-refractivity contribution < 1.29 is 14.7 Å². The lowest BCUT2D eigenvalue weighted by Gasteiger charge is -2.63. The number of carboxylic acid groups (broad SMARTS) is 1. The standard InChI is InChI=1S/C23H46N2O3Si2/c1-23(2)19(20(26)25(23)22(29(3,4)5)30(6,7)8)24(21(27)28)17-13-12-16-18-14-10-9-11-15-18/h18-19,22H,9-17H2,1-8H3,(H,27,28)/t19-/m1/s1. The van der Waals surface area contributed by atoms with Crippen LogP contribution in [-0.2, 0) is 4.79 Å². The summed E-state index contributed by atoms with van der Waals surface area (Å²) in [6.07, 6.45) is 8.91. The first kappa shape index (κ1) is 25.4. The molecule has 5 nitrogen and oxygen atoms in total. The molecule has 174 valence electrons.